The lowest BCUT2D eigenvalue weighted by atomic mass is 10.0. The van der Waals surface area contributed by atoms with E-state index in [1.54, 1.807) is 0 Å². The first-order valence-electron chi connectivity index (χ1n) is 15.2. The van der Waals surface area contributed by atoms with E-state index in [2.05, 4.69) is 149 Å². The molecule has 4 heteroatoms. The maximum atomic E-state index is 5.22. The van der Waals surface area contributed by atoms with Crippen LogP contribution in [0.3, 0.4) is 0 Å². The maximum Gasteiger partial charge on any atom is 0.138 e. The van der Waals surface area contributed by atoms with Crippen molar-refractivity contribution in [3.8, 4) is 22.9 Å². The van der Waals surface area contributed by atoms with E-state index in [0.29, 0.717) is 0 Å². The van der Waals surface area contributed by atoms with E-state index in [9.17, 15) is 0 Å². The molecule has 4 aromatic carbocycles. The van der Waals surface area contributed by atoms with Gasteiger partial charge in [-0.25, -0.2) is 9.97 Å². The van der Waals surface area contributed by atoms with Crippen LogP contribution in [0.5, 0.6) is 0 Å². The molecule has 0 saturated carbocycles. The Kier molecular flexibility index (Phi) is 5.60. The number of hydrogen-bond acceptors (Lipinski definition) is 2. The molecule has 4 nitrogen and oxygen atoms in total. The number of nitrogens with zero attached hydrogens (tertiary/aromatic N) is 4. The van der Waals surface area contributed by atoms with E-state index in [4.69, 9.17) is 9.97 Å². The van der Waals surface area contributed by atoms with Gasteiger partial charge in [0.1, 0.15) is 11.6 Å². The fourth-order valence-corrected chi connectivity index (χ4v) is 6.87. The van der Waals surface area contributed by atoms with E-state index in [-0.39, 0.29) is 0 Å². The van der Waals surface area contributed by atoms with Crippen LogP contribution in [0.4, 0.5) is 0 Å². The smallest absolute Gasteiger partial charge is 0.138 e. The van der Waals surface area contributed by atoms with Crippen LogP contribution in [0.15, 0.2) is 146 Å². The molecule has 4 heterocycles. The molecular formula is C40H28N4. The van der Waals surface area contributed by atoms with Crippen molar-refractivity contribution in [2.45, 2.75) is 12.8 Å². The van der Waals surface area contributed by atoms with Crippen molar-refractivity contribution in [2.24, 2.45) is 0 Å². The molecule has 0 saturated heterocycles. The minimum Gasteiger partial charge on any atom is -0.294 e. The average molecular weight is 565 g/mol. The summed E-state index contributed by atoms with van der Waals surface area (Å²) in [6, 6.07) is 45.0. The fraction of sp³-hybridized carbons (Fsp3) is 0.0500. The van der Waals surface area contributed by atoms with Crippen molar-refractivity contribution < 1.29 is 0 Å². The number of para-hydroxylation sites is 2. The Morgan fingerprint density at radius 2 is 1.05 bits per heavy atom. The third-order valence-corrected chi connectivity index (χ3v) is 8.81. The Labute approximate surface area is 254 Å². The minimum atomic E-state index is 0.907. The van der Waals surface area contributed by atoms with Crippen molar-refractivity contribution in [1.29, 1.82) is 0 Å². The van der Waals surface area contributed by atoms with Crippen LogP contribution >= 0.6 is 0 Å². The molecule has 44 heavy (non-hydrogen) atoms. The molecule has 1 aliphatic carbocycles. The lowest BCUT2D eigenvalue weighted by Gasteiger charge is -2.12. The van der Waals surface area contributed by atoms with Crippen LogP contribution in [0.25, 0.3) is 72.1 Å². The standard InChI is InChI=1S/C40H28N4/c1-3-13-27(14-4-1)31-19-11-23-37(41-31)43-33-21-9-7-17-29(33)39-35(43)25-26-36-40(39)30-18-8-10-22-34(30)44(36)38-24-12-20-32(42-38)28-15-5-2-6-16-28/h1-5,7-15,17-26H,6,16H2. The van der Waals surface area contributed by atoms with Crippen LogP contribution in [0.1, 0.15) is 18.5 Å². The fourth-order valence-electron chi connectivity index (χ4n) is 6.87. The summed E-state index contributed by atoms with van der Waals surface area (Å²) in [5, 5.41) is 4.90. The maximum absolute atomic E-state index is 5.22. The Hall–Kier alpha value is -5.74. The minimum absolute atomic E-state index is 0.907. The highest BCUT2D eigenvalue weighted by atomic mass is 15.1. The zero-order chi connectivity index (χ0) is 29.0. The molecule has 1 aliphatic rings. The Bertz CT molecular complexity index is 2440. The van der Waals surface area contributed by atoms with Gasteiger partial charge in [0.2, 0.25) is 0 Å². The first-order valence-corrected chi connectivity index (χ1v) is 15.2. The third-order valence-electron chi connectivity index (χ3n) is 8.81. The first-order chi connectivity index (χ1) is 21.8. The summed E-state index contributed by atoms with van der Waals surface area (Å²) in [7, 11) is 0. The Balaban J connectivity index is 1.34. The van der Waals surface area contributed by atoms with Crippen LogP contribution in [-0.2, 0) is 0 Å². The number of hydrogen-bond donors (Lipinski definition) is 0. The summed E-state index contributed by atoms with van der Waals surface area (Å²) in [6.07, 6.45) is 8.62. The highest BCUT2D eigenvalue weighted by molar-refractivity contribution is 6.28. The van der Waals surface area contributed by atoms with E-state index >= 15 is 0 Å². The average Bonchev–Trinajstić information content (AvgIpc) is 3.62. The molecule has 0 bridgehead atoms. The van der Waals surface area contributed by atoms with Gasteiger partial charge in [-0.3, -0.25) is 9.13 Å². The quantitative estimate of drug-likeness (QED) is 0.213. The van der Waals surface area contributed by atoms with Crippen LogP contribution < -0.4 is 0 Å². The zero-order valence-corrected chi connectivity index (χ0v) is 24.1. The summed E-state index contributed by atoms with van der Waals surface area (Å²) in [5.74, 6) is 1.84. The van der Waals surface area contributed by atoms with E-state index in [1.165, 1.54) is 27.1 Å². The molecule has 0 amide bonds. The molecule has 9 rings (SSSR count). The summed E-state index contributed by atoms with van der Waals surface area (Å²) in [6.45, 7) is 0. The van der Waals surface area contributed by atoms with Crippen molar-refractivity contribution in [3.05, 3.63) is 151 Å². The Morgan fingerprint density at radius 3 is 1.66 bits per heavy atom. The van der Waals surface area contributed by atoms with E-state index < -0.39 is 0 Å². The molecule has 8 aromatic rings. The van der Waals surface area contributed by atoms with Gasteiger partial charge in [0.05, 0.1) is 33.5 Å². The van der Waals surface area contributed by atoms with Crippen molar-refractivity contribution in [1.82, 2.24) is 19.1 Å². The van der Waals surface area contributed by atoms with Crippen molar-refractivity contribution in [2.75, 3.05) is 0 Å². The monoisotopic (exact) mass is 564 g/mol. The SMILES string of the molecule is C1=CCCC(c2cccc(-n3c4ccccc4c4c5c6ccccc6n(-c6cccc(-c7ccccc7)n6)c5ccc43)n2)=C1. The highest BCUT2D eigenvalue weighted by Crippen LogP contribution is 2.42. The molecule has 0 unspecified atom stereocenters. The number of rotatable bonds is 4. The van der Waals surface area contributed by atoms with Crippen LogP contribution in [0.2, 0.25) is 0 Å². The number of aromatic nitrogens is 4. The lowest BCUT2D eigenvalue weighted by molar-refractivity contribution is 1.02. The molecule has 4 aromatic heterocycles. The van der Waals surface area contributed by atoms with Gasteiger partial charge in [-0.1, -0.05) is 97.1 Å². The summed E-state index contributed by atoms with van der Waals surface area (Å²) in [5.41, 5.74) is 8.97. The van der Waals surface area contributed by atoms with Crippen LogP contribution in [-0.4, -0.2) is 19.1 Å². The normalized spacial score (nSPS) is 13.3. The van der Waals surface area contributed by atoms with Gasteiger partial charge in [-0.15, -0.1) is 0 Å². The number of fused-ring (bicyclic) bond motifs is 7. The molecule has 208 valence electrons. The number of pyridine rings is 2. The second kappa shape index (κ2) is 9.92. The van der Waals surface area contributed by atoms with Gasteiger partial charge in [-0.05, 0) is 66.9 Å². The third kappa shape index (κ3) is 3.78. The molecule has 0 fully saturated rings. The van der Waals surface area contributed by atoms with Gasteiger partial charge in [0.15, 0.2) is 0 Å². The van der Waals surface area contributed by atoms with E-state index in [0.717, 1.165) is 63.5 Å². The second-order valence-corrected chi connectivity index (χ2v) is 11.3. The molecular weight excluding hydrogens is 536 g/mol. The molecule has 0 atom stereocenters. The van der Waals surface area contributed by atoms with Crippen molar-refractivity contribution >= 4 is 49.2 Å². The van der Waals surface area contributed by atoms with Gasteiger partial charge in [0.25, 0.3) is 0 Å². The second-order valence-electron chi connectivity index (χ2n) is 11.3. The predicted octanol–water partition coefficient (Wildman–Crippen LogP) is 10.1. The van der Waals surface area contributed by atoms with Gasteiger partial charge in [0, 0.05) is 27.1 Å². The largest absolute Gasteiger partial charge is 0.294 e. The summed E-state index contributed by atoms with van der Waals surface area (Å²) < 4.78 is 4.64. The zero-order valence-electron chi connectivity index (χ0n) is 24.1. The summed E-state index contributed by atoms with van der Waals surface area (Å²) in [4.78, 5) is 10.4. The Morgan fingerprint density at radius 1 is 0.477 bits per heavy atom. The van der Waals surface area contributed by atoms with Gasteiger partial charge >= 0.3 is 0 Å². The number of allylic oxidation sites excluding steroid dienone is 4. The van der Waals surface area contributed by atoms with Gasteiger partial charge in [-0.2, -0.15) is 0 Å². The molecule has 0 aliphatic heterocycles. The van der Waals surface area contributed by atoms with Crippen LogP contribution in [0, 0.1) is 0 Å². The highest BCUT2D eigenvalue weighted by Gasteiger charge is 2.21. The van der Waals surface area contributed by atoms with E-state index in [1.807, 2.05) is 6.07 Å². The van der Waals surface area contributed by atoms with Crippen molar-refractivity contribution in [3.63, 3.8) is 0 Å². The first kappa shape index (κ1) is 24.8. The molecule has 0 N–H and O–H groups in total. The molecule has 0 radical (unpaired) electrons. The lowest BCUT2D eigenvalue weighted by Crippen LogP contribution is -2.01. The predicted molar refractivity (Wildman–Crippen MR) is 182 cm³/mol. The summed E-state index contributed by atoms with van der Waals surface area (Å²) >= 11 is 0. The molecule has 0 spiro atoms. The topological polar surface area (TPSA) is 35.6 Å². The number of benzene rings is 4. The van der Waals surface area contributed by atoms with Gasteiger partial charge < -0.3 is 0 Å².